The van der Waals surface area contributed by atoms with Crippen molar-refractivity contribution in [3.8, 4) is 0 Å². The molecule has 110 valence electrons. The molecule has 2 heterocycles. The molecule has 0 aliphatic heterocycles. The van der Waals surface area contributed by atoms with Crippen molar-refractivity contribution >= 4 is 34.6 Å². The van der Waals surface area contributed by atoms with Crippen LogP contribution in [0.4, 0.5) is 0 Å². The minimum Gasteiger partial charge on any atom is -0.481 e. The molecule has 2 aromatic rings. The molecule has 2 unspecified atom stereocenters. The minimum atomic E-state index is -0.870. The summed E-state index contributed by atoms with van der Waals surface area (Å²) in [4.78, 5) is 25.6. The van der Waals surface area contributed by atoms with Gasteiger partial charge in [0.1, 0.15) is 0 Å². The average molecular weight is 321 g/mol. The van der Waals surface area contributed by atoms with Crippen molar-refractivity contribution in [3.05, 3.63) is 44.8 Å². The van der Waals surface area contributed by atoms with Crippen LogP contribution in [0.3, 0.4) is 0 Å². The van der Waals surface area contributed by atoms with Crippen LogP contribution in [0.5, 0.6) is 0 Å². The average Bonchev–Trinajstić information content (AvgIpc) is 3.07. The van der Waals surface area contributed by atoms with Crippen LogP contribution in [0.1, 0.15) is 28.6 Å². The molecule has 0 aromatic carbocycles. The number of hydrogen-bond acceptors (Lipinski definition) is 4. The van der Waals surface area contributed by atoms with Crippen LogP contribution in [-0.4, -0.2) is 17.0 Å². The first-order valence-corrected chi connectivity index (χ1v) is 8.52. The predicted molar refractivity (Wildman–Crippen MR) is 82.5 cm³/mol. The Labute approximate surface area is 130 Å². The zero-order chi connectivity index (χ0) is 14.8. The van der Waals surface area contributed by atoms with Crippen molar-refractivity contribution < 1.29 is 14.7 Å². The Morgan fingerprint density at radius 1 is 1.10 bits per heavy atom. The van der Waals surface area contributed by atoms with E-state index in [4.69, 9.17) is 5.11 Å². The number of thiophene rings is 2. The minimum absolute atomic E-state index is 0.152. The van der Waals surface area contributed by atoms with Crippen molar-refractivity contribution in [1.29, 1.82) is 0 Å². The Morgan fingerprint density at radius 3 is 2.05 bits per heavy atom. The Hall–Kier alpha value is -1.66. The lowest BCUT2D eigenvalue weighted by Crippen LogP contribution is -2.45. The van der Waals surface area contributed by atoms with E-state index < -0.39 is 17.8 Å². The fourth-order valence-corrected chi connectivity index (χ4v) is 4.21. The van der Waals surface area contributed by atoms with Gasteiger partial charge in [0.15, 0.2) is 0 Å². The van der Waals surface area contributed by atoms with Gasteiger partial charge in [-0.2, -0.15) is 0 Å². The number of carbonyl (C=O) groups excluding carboxylic acids is 1. The van der Waals surface area contributed by atoms with Crippen LogP contribution in [0, 0.1) is 11.8 Å². The van der Waals surface area contributed by atoms with Crippen LogP contribution >= 0.6 is 22.7 Å². The molecule has 2 atom stereocenters. The standard InChI is InChI=1S/C15H15NO3S2/c17-14(9-5-6-10(9)15(18)19)16-13(11-3-1-7-20-11)12-4-2-8-21-12/h1-4,7-10,13H,5-6H2,(H,16,17)(H,18,19). The summed E-state index contributed by atoms with van der Waals surface area (Å²) in [5.74, 6) is -1.95. The molecule has 2 N–H and O–H groups in total. The van der Waals surface area contributed by atoms with E-state index in [1.165, 1.54) is 0 Å². The van der Waals surface area contributed by atoms with E-state index in [0.29, 0.717) is 12.8 Å². The van der Waals surface area contributed by atoms with E-state index in [1.807, 2.05) is 35.0 Å². The molecular formula is C15H15NO3S2. The van der Waals surface area contributed by atoms with Crippen molar-refractivity contribution in [2.45, 2.75) is 18.9 Å². The van der Waals surface area contributed by atoms with Gasteiger partial charge in [0.2, 0.25) is 5.91 Å². The van der Waals surface area contributed by atoms with Crippen LogP contribution < -0.4 is 5.32 Å². The Kier molecular flexibility index (Phi) is 4.07. The summed E-state index contributed by atoms with van der Waals surface area (Å²) in [5, 5.41) is 16.1. The highest BCUT2D eigenvalue weighted by Gasteiger charge is 2.42. The monoisotopic (exact) mass is 321 g/mol. The van der Waals surface area contributed by atoms with Gasteiger partial charge >= 0.3 is 5.97 Å². The van der Waals surface area contributed by atoms with E-state index in [9.17, 15) is 9.59 Å². The van der Waals surface area contributed by atoms with Crippen molar-refractivity contribution in [2.24, 2.45) is 11.8 Å². The molecule has 3 rings (SSSR count). The summed E-state index contributed by atoms with van der Waals surface area (Å²) in [7, 11) is 0. The van der Waals surface area contributed by atoms with Gasteiger partial charge in [0, 0.05) is 9.75 Å². The molecule has 2 aromatic heterocycles. The zero-order valence-corrected chi connectivity index (χ0v) is 12.8. The number of hydrogen-bond donors (Lipinski definition) is 2. The van der Waals surface area contributed by atoms with Gasteiger partial charge in [0.05, 0.1) is 17.9 Å². The molecular weight excluding hydrogens is 306 g/mol. The lowest BCUT2D eigenvalue weighted by atomic mass is 9.73. The van der Waals surface area contributed by atoms with E-state index in [-0.39, 0.29) is 11.9 Å². The van der Waals surface area contributed by atoms with Gasteiger partial charge in [-0.05, 0) is 35.7 Å². The molecule has 4 nitrogen and oxygen atoms in total. The number of carbonyl (C=O) groups is 2. The van der Waals surface area contributed by atoms with Gasteiger partial charge in [-0.1, -0.05) is 12.1 Å². The normalized spacial score (nSPS) is 21.0. The molecule has 1 aliphatic carbocycles. The number of carboxylic acid groups (broad SMARTS) is 1. The first kappa shape index (κ1) is 14.3. The van der Waals surface area contributed by atoms with E-state index in [1.54, 1.807) is 22.7 Å². The molecule has 0 spiro atoms. The first-order chi connectivity index (χ1) is 10.2. The number of nitrogens with one attached hydrogen (secondary N) is 1. The summed E-state index contributed by atoms with van der Waals surface area (Å²) in [6.45, 7) is 0. The van der Waals surface area contributed by atoms with E-state index in [2.05, 4.69) is 5.32 Å². The van der Waals surface area contributed by atoms with Gasteiger partial charge in [-0.25, -0.2) is 0 Å². The first-order valence-electron chi connectivity index (χ1n) is 6.77. The van der Waals surface area contributed by atoms with Crippen LogP contribution in [0.15, 0.2) is 35.0 Å². The summed E-state index contributed by atoms with van der Waals surface area (Å²) < 4.78 is 0. The second-order valence-corrected chi connectivity index (χ2v) is 7.06. The number of amides is 1. The van der Waals surface area contributed by atoms with Crippen molar-refractivity contribution in [2.75, 3.05) is 0 Å². The Balaban J connectivity index is 1.76. The second-order valence-electron chi connectivity index (χ2n) is 5.10. The third-order valence-electron chi connectivity index (χ3n) is 3.87. The second kappa shape index (κ2) is 5.99. The number of carboxylic acids is 1. The fraction of sp³-hybridized carbons (Fsp3) is 0.333. The molecule has 1 amide bonds. The molecule has 0 bridgehead atoms. The van der Waals surface area contributed by atoms with Gasteiger partial charge < -0.3 is 10.4 Å². The summed E-state index contributed by atoms with van der Waals surface area (Å²) >= 11 is 3.18. The Bertz CT molecular complexity index is 587. The van der Waals surface area contributed by atoms with Crippen LogP contribution in [-0.2, 0) is 9.59 Å². The topological polar surface area (TPSA) is 66.4 Å². The lowest BCUT2D eigenvalue weighted by Gasteiger charge is -2.33. The van der Waals surface area contributed by atoms with Crippen molar-refractivity contribution in [3.63, 3.8) is 0 Å². The third-order valence-corrected chi connectivity index (χ3v) is 5.74. The fourth-order valence-electron chi connectivity index (χ4n) is 2.55. The maximum absolute atomic E-state index is 12.4. The van der Waals surface area contributed by atoms with Gasteiger partial charge in [-0.15, -0.1) is 22.7 Å². The molecule has 1 fully saturated rings. The highest BCUT2D eigenvalue weighted by atomic mass is 32.1. The molecule has 0 saturated heterocycles. The summed E-state index contributed by atoms with van der Waals surface area (Å²) in [5.41, 5.74) is 0. The molecule has 0 radical (unpaired) electrons. The molecule has 6 heteroatoms. The maximum Gasteiger partial charge on any atom is 0.307 e. The smallest absolute Gasteiger partial charge is 0.307 e. The highest BCUT2D eigenvalue weighted by Crippen LogP contribution is 2.36. The SMILES string of the molecule is O=C(O)C1CCC1C(=O)NC(c1cccs1)c1cccs1. The van der Waals surface area contributed by atoms with E-state index >= 15 is 0 Å². The summed E-state index contributed by atoms with van der Waals surface area (Å²) in [6.07, 6.45) is 1.25. The summed E-state index contributed by atoms with van der Waals surface area (Å²) in [6, 6.07) is 7.72. The number of rotatable bonds is 5. The quantitative estimate of drug-likeness (QED) is 0.889. The van der Waals surface area contributed by atoms with Gasteiger partial charge in [-0.3, -0.25) is 9.59 Å². The highest BCUT2D eigenvalue weighted by molar-refractivity contribution is 7.11. The van der Waals surface area contributed by atoms with Gasteiger partial charge in [0.25, 0.3) is 0 Å². The van der Waals surface area contributed by atoms with Crippen molar-refractivity contribution in [1.82, 2.24) is 5.32 Å². The molecule has 21 heavy (non-hydrogen) atoms. The third kappa shape index (κ3) is 2.87. The van der Waals surface area contributed by atoms with Crippen LogP contribution in [0.2, 0.25) is 0 Å². The van der Waals surface area contributed by atoms with E-state index in [0.717, 1.165) is 9.75 Å². The lowest BCUT2D eigenvalue weighted by molar-refractivity contribution is -0.152. The number of aliphatic carboxylic acids is 1. The largest absolute Gasteiger partial charge is 0.481 e. The molecule has 1 saturated carbocycles. The maximum atomic E-state index is 12.4. The molecule has 1 aliphatic rings. The van der Waals surface area contributed by atoms with Crippen LogP contribution in [0.25, 0.3) is 0 Å². The zero-order valence-electron chi connectivity index (χ0n) is 11.2. The predicted octanol–water partition coefficient (Wildman–Crippen LogP) is 3.13. The Morgan fingerprint density at radius 2 is 1.67 bits per heavy atom.